The van der Waals surface area contributed by atoms with E-state index in [-0.39, 0.29) is 6.10 Å². The Kier molecular flexibility index (Phi) is 4.30. The molecule has 2 aliphatic rings. The molecule has 1 fully saturated rings. The van der Waals surface area contributed by atoms with Crippen LogP contribution in [0.3, 0.4) is 0 Å². The molecule has 2 heterocycles. The van der Waals surface area contributed by atoms with E-state index in [4.69, 9.17) is 4.74 Å². The van der Waals surface area contributed by atoms with Crippen LogP contribution in [0.5, 0.6) is 5.75 Å². The number of thioether (sulfide) groups is 2. The quantitative estimate of drug-likeness (QED) is 0.927. The molecule has 104 valence electrons. The van der Waals surface area contributed by atoms with Gasteiger partial charge in [-0.3, -0.25) is 0 Å². The van der Waals surface area contributed by atoms with Gasteiger partial charge >= 0.3 is 0 Å². The second kappa shape index (κ2) is 5.98. The summed E-state index contributed by atoms with van der Waals surface area (Å²) in [6.45, 7) is 3.00. The zero-order valence-corrected chi connectivity index (χ0v) is 12.8. The summed E-state index contributed by atoms with van der Waals surface area (Å²) in [5.41, 5.74) is 2.31. The van der Waals surface area contributed by atoms with Gasteiger partial charge < -0.3 is 9.84 Å². The lowest BCUT2D eigenvalue weighted by molar-refractivity contribution is 0.172. The highest BCUT2D eigenvalue weighted by molar-refractivity contribution is 8.07. The molecule has 0 amide bonds. The standard InChI is InChI=1S/C15H20O2S2/c1-2-13-15(19-8-7-18-13)14(16)11-3-4-12-10(9-11)5-6-17-12/h3-4,9,13-16H,2,5-8H2,1H3. The minimum atomic E-state index is -0.353. The van der Waals surface area contributed by atoms with Crippen LogP contribution in [-0.4, -0.2) is 33.7 Å². The van der Waals surface area contributed by atoms with Crippen molar-refractivity contribution in [3.63, 3.8) is 0 Å². The van der Waals surface area contributed by atoms with Gasteiger partial charge in [0.1, 0.15) is 5.75 Å². The predicted octanol–water partition coefficient (Wildman–Crippen LogP) is 3.28. The fraction of sp³-hybridized carbons (Fsp3) is 0.600. The average Bonchev–Trinajstić information content (AvgIpc) is 2.93. The van der Waals surface area contributed by atoms with Crippen LogP contribution in [0.15, 0.2) is 18.2 Å². The summed E-state index contributed by atoms with van der Waals surface area (Å²) < 4.78 is 5.53. The van der Waals surface area contributed by atoms with Crippen LogP contribution in [0.2, 0.25) is 0 Å². The fourth-order valence-electron chi connectivity index (χ4n) is 2.81. The Hall–Kier alpha value is -0.320. The van der Waals surface area contributed by atoms with E-state index in [2.05, 4.69) is 13.0 Å². The van der Waals surface area contributed by atoms with Crippen molar-refractivity contribution in [1.29, 1.82) is 0 Å². The molecule has 1 aromatic rings. The van der Waals surface area contributed by atoms with Crippen LogP contribution in [0.4, 0.5) is 0 Å². The number of ether oxygens (including phenoxy) is 1. The van der Waals surface area contributed by atoms with Gasteiger partial charge in [0.2, 0.25) is 0 Å². The molecule has 0 radical (unpaired) electrons. The zero-order chi connectivity index (χ0) is 13.2. The maximum Gasteiger partial charge on any atom is 0.122 e. The first-order chi connectivity index (χ1) is 9.29. The highest BCUT2D eigenvalue weighted by Crippen LogP contribution is 2.41. The molecule has 0 bridgehead atoms. The van der Waals surface area contributed by atoms with Gasteiger partial charge in [0, 0.05) is 28.4 Å². The molecule has 1 saturated heterocycles. The van der Waals surface area contributed by atoms with E-state index in [1.807, 2.05) is 35.7 Å². The van der Waals surface area contributed by atoms with Gasteiger partial charge in [0.05, 0.1) is 12.7 Å². The van der Waals surface area contributed by atoms with Crippen molar-refractivity contribution >= 4 is 23.5 Å². The third-order valence-electron chi connectivity index (χ3n) is 3.86. The van der Waals surface area contributed by atoms with Crippen LogP contribution >= 0.6 is 23.5 Å². The first-order valence-electron chi connectivity index (χ1n) is 6.96. The summed E-state index contributed by atoms with van der Waals surface area (Å²) in [5.74, 6) is 3.36. The SMILES string of the molecule is CCC1SCCSC1C(O)c1ccc2c(c1)CCO2. The Labute approximate surface area is 123 Å². The third-order valence-corrected chi connectivity index (χ3v) is 7.20. The maximum absolute atomic E-state index is 10.7. The van der Waals surface area contributed by atoms with Crippen molar-refractivity contribution in [2.75, 3.05) is 18.1 Å². The second-order valence-electron chi connectivity index (χ2n) is 5.06. The molecule has 19 heavy (non-hydrogen) atoms. The van der Waals surface area contributed by atoms with Crippen molar-refractivity contribution in [3.05, 3.63) is 29.3 Å². The summed E-state index contributed by atoms with van der Waals surface area (Å²) in [4.78, 5) is 0. The Morgan fingerprint density at radius 3 is 3.05 bits per heavy atom. The van der Waals surface area contributed by atoms with Crippen LogP contribution in [0.1, 0.15) is 30.6 Å². The maximum atomic E-state index is 10.7. The Bertz CT molecular complexity index is 450. The van der Waals surface area contributed by atoms with Crippen LogP contribution in [0.25, 0.3) is 0 Å². The molecule has 1 aromatic carbocycles. The molecule has 3 rings (SSSR count). The summed E-state index contributed by atoms with van der Waals surface area (Å²) in [7, 11) is 0. The summed E-state index contributed by atoms with van der Waals surface area (Å²) in [6.07, 6.45) is 1.75. The lowest BCUT2D eigenvalue weighted by Crippen LogP contribution is -2.31. The van der Waals surface area contributed by atoms with E-state index in [1.54, 1.807) is 0 Å². The number of benzene rings is 1. The fourth-order valence-corrected chi connectivity index (χ4v) is 5.95. The lowest BCUT2D eigenvalue weighted by atomic mass is 10.00. The van der Waals surface area contributed by atoms with Crippen LogP contribution in [0, 0.1) is 0 Å². The normalized spacial score (nSPS) is 27.7. The minimum absolute atomic E-state index is 0.323. The molecule has 3 atom stereocenters. The molecule has 0 saturated carbocycles. The molecular formula is C15H20O2S2. The number of aliphatic hydroxyl groups is 1. The predicted molar refractivity (Wildman–Crippen MR) is 83.4 cm³/mol. The van der Waals surface area contributed by atoms with Gasteiger partial charge in [-0.05, 0) is 29.7 Å². The molecule has 2 nitrogen and oxygen atoms in total. The number of aliphatic hydroxyl groups excluding tert-OH is 1. The van der Waals surface area contributed by atoms with E-state index in [1.165, 1.54) is 11.3 Å². The molecular weight excluding hydrogens is 276 g/mol. The van der Waals surface area contributed by atoms with Crippen molar-refractivity contribution in [2.45, 2.75) is 36.4 Å². The first-order valence-corrected chi connectivity index (χ1v) is 9.06. The van der Waals surface area contributed by atoms with Crippen molar-refractivity contribution < 1.29 is 9.84 Å². The monoisotopic (exact) mass is 296 g/mol. The molecule has 1 N–H and O–H groups in total. The van der Waals surface area contributed by atoms with Crippen molar-refractivity contribution in [2.24, 2.45) is 0 Å². The first kappa shape index (κ1) is 13.7. The lowest BCUT2D eigenvalue weighted by Gasteiger charge is -2.33. The number of rotatable bonds is 3. The number of hydrogen-bond donors (Lipinski definition) is 1. The van der Waals surface area contributed by atoms with E-state index in [0.717, 1.165) is 36.5 Å². The summed E-state index contributed by atoms with van der Waals surface area (Å²) >= 11 is 3.94. The van der Waals surface area contributed by atoms with Gasteiger partial charge in [0.25, 0.3) is 0 Å². The van der Waals surface area contributed by atoms with Gasteiger partial charge in [0.15, 0.2) is 0 Å². The molecule has 0 spiro atoms. The highest BCUT2D eigenvalue weighted by atomic mass is 32.2. The Morgan fingerprint density at radius 2 is 2.21 bits per heavy atom. The molecule has 0 aromatic heterocycles. The van der Waals surface area contributed by atoms with Crippen molar-refractivity contribution in [3.8, 4) is 5.75 Å². The minimum Gasteiger partial charge on any atom is -0.493 e. The van der Waals surface area contributed by atoms with Crippen LogP contribution in [-0.2, 0) is 6.42 Å². The van der Waals surface area contributed by atoms with Crippen LogP contribution < -0.4 is 4.74 Å². The van der Waals surface area contributed by atoms with Gasteiger partial charge in [-0.1, -0.05) is 13.0 Å². The van der Waals surface area contributed by atoms with Gasteiger partial charge in [-0.15, -0.1) is 0 Å². The van der Waals surface area contributed by atoms with Gasteiger partial charge in [-0.25, -0.2) is 0 Å². The third kappa shape index (κ3) is 2.76. The summed E-state index contributed by atoms with van der Waals surface area (Å²) in [6, 6.07) is 6.18. The zero-order valence-electron chi connectivity index (χ0n) is 11.2. The second-order valence-corrected chi connectivity index (χ2v) is 7.70. The summed E-state index contributed by atoms with van der Waals surface area (Å²) in [5, 5.41) is 11.6. The largest absolute Gasteiger partial charge is 0.493 e. The van der Waals surface area contributed by atoms with E-state index < -0.39 is 0 Å². The molecule has 3 unspecified atom stereocenters. The van der Waals surface area contributed by atoms with Gasteiger partial charge in [-0.2, -0.15) is 23.5 Å². The number of fused-ring (bicyclic) bond motifs is 1. The number of hydrogen-bond acceptors (Lipinski definition) is 4. The molecule has 2 aliphatic heterocycles. The topological polar surface area (TPSA) is 29.5 Å². The van der Waals surface area contributed by atoms with E-state index in [9.17, 15) is 5.11 Å². The van der Waals surface area contributed by atoms with E-state index >= 15 is 0 Å². The highest BCUT2D eigenvalue weighted by Gasteiger charge is 2.32. The molecule has 0 aliphatic carbocycles. The Balaban J connectivity index is 1.80. The Morgan fingerprint density at radius 1 is 1.37 bits per heavy atom. The smallest absolute Gasteiger partial charge is 0.122 e. The van der Waals surface area contributed by atoms with E-state index in [0.29, 0.717) is 10.5 Å². The molecule has 4 heteroatoms. The van der Waals surface area contributed by atoms with Crippen molar-refractivity contribution in [1.82, 2.24) is 0 Å². The average molecular weight is 296 g/mol.